The van der Waals surface area contributed by atoms with Crippen molar-refractivity contribution < 1.29 is 9.13 Å². The van der Waals surface area contributed by atoms with Crippen LogP contribution in [0, 0.1) is 5.82 Å². The third-order valence-corrected chi connectivity index (χ3v) is 3.75. The second kappa shape index (κ2) is 8.16. The van der Waals surface area contributed by atoms with Gasteiger partial charge in [0.15, 0.2) is 0 Å². The van der Waals surface area contributed by atoms with Crippen LogP contribution in [0.15, 0.2) is 78.9 Å². The number of hydrogen-bond acceptors (Lipinski definition) is 2. The summed E-state index contributed by atoms with van der Waals surface area (Å²) in [6.45, 7) is 1.29. The molecule has 0 bridgehead atoms. The van der Waals surface area contributed by atoms with Crippen LogP contribution in [0.5, 0.6) is 5.75 Å². The molecule has 24 heavy (non-hydrogen) atoms. The Morgan fingerprint density at radius 3 is 2.38 bits per heavy atom. The molecule has 122 valence electrons. The second-order valence-electron chi connectivity index (χ2n) is 5.59. The Bertz CT molecular complexity index is 756. The molecule has 2 nitrogen and oxygen atoms in total. The fourth-order valence-corrected chi connectivity index (χ4v) is 2.43. The number of anilines is 1. The van der Waals surface area contributed by atoms with Crippen molar-refractivity contribution in [1.29, 1.82) is 0 Å². The van der Waals surface area contributed by atoms with Crippen LogP contribution >= 0.6 is 0 Å². The molecule has 0 fully saturated rings. The lowest BCUT2D eigenvalue weighted by molar-refractivity contribution is 0.322. The van der Waals surface area contributed by atoms with Crippen molar-refractivity contribution in [1.82, 2.24) is 0 Å². The maximum Gasteiger partial charge on any atom is 0.123 e. The van der Waals surface area contributed by atoms with Gasteiger partial charge < -0.3 is 10.1 Å². The van der Waals surface area contributed by atoms with E-state index in [-0.39, 0.29) is 5.82 Å². The smallest absolute Gasteiger partial charge is 0.123 e. The number of halogens is 1. The van der Waals surface area contributed by atoms with E-state index in [0.29, 0.717) is 13.2 Å². The predicted octanol–water partition coefficient (Wildman–Crippen LogP) is 5.06. The normalized spacial score (nSPS) is 10.4. The molecule has 0 radical (unpaired) electrons. The monoisotopic (exact) mass is 321 g/mol. The van der Waals surface area contributed by atoms with E-state index in [2.05, 4.69) is 17.4 Å². The molecule has 0 saturated carbocycles. The molecule has 0 atom stereocenters. The number of ether oxygens (including phenoxy) is 1. The molecule has 0 spiro atoms. The van der Waals surface area contributed by atoms with Gasteiger partial charge in [-0.1, -0.05) is 48.5 Å². The number of nitrogens with one attached hydrogen (secondary N) is 1. The first-order chi connectivity index (χ1) is 11.8. The van der Waals surface area contributed by atoms with Crippen molar-refractivity contribution in [3.05, 3.63) is 95.8 Å². The molecule has 0 aliphatic carbocycles. The first-order valence-corrected chi connectivity index (χ1v) is 8.05. The summed E-state index contributed by atoms with van der Waals surface area (Å²) in [5, 5.41) is 3.33. The molecule has 3 aromatic rings. The zero-order valence-corrected chi connectivity index (χ0v) is 13.4. The molecule has 0 aromatic heterocycles. The van der Waals surface area contributed by atoms with Crippen LogP contribution in [0.2, 0.25) is 0 Å². The number of hydrogen-bond donors (Lipinski definition) is 1. The Morgan fingerprint density at radius 1 is 0.792 bits per heavy atom. The Labute approximate surface area is 141 Å². The number of benzene rings is 3. The van der Waals surface area contributed by atoms with Gasteiger partial charge in [0.1, 0.15) is 11.6 Å². The largest absolute Gasteiger partial charge is 0.493 e. The quantitative estimate of drug-likeness (QED) is 0.657. The van der Waals surface area contributed by atoms with Crippen LogP contribution in [-0.4, -0.2) is 6.61 Å². The fraction of sp³-hybridized carbons (Fsp3) is 0.143. The average molecular weight is 321 g/mol. The fourth-order valence-electron chi connectivity index (χ4n) is 2.43. The summed E-state index contributed by atoms with van der Waals surface area (Å²) in [7, 11) is 0. The van der Waals surface area contributed by atoms with Crippen LogP contribution in [0.4, 0.5) is 10.1 Å². The molecule has 0 unspecified atom stereocenters. The lowest BCUT2D eigenvalue weighted by atomic mass is 10.2. The summed E-state index contributed by atoms with van der Waals surface area (Å²) in [6, 6.07) is 24.7. The van der Waals surface area contributed by atoms with Gasteiger partial charge in [-0.3, -0.25) is 0 Å². The zero-order valence-electron chi connectivity index (χ0n) is 13.4. The van der Waals surface area contributed by atoms with Gasteiger partial charge in [0, 0.05) is 24.7 Å². The Morgan fingerprint density at radius 2 is 1.58 bits per heavy atom. The SMILES string of the molecule is Fc1ccc(CNc2cccc(OCCc3ccccc3)c2)cc1. The average Bonchev–Trinajstić information content (AvgIpc) is 2.63. The summed E-state index contributed by atoms with van der Waals surface area (Å²) in [5.41, 5.74) is 3.28. The first-order valence-electron chi connectivity index (χ1n) is 8.05. The second-order valence-corrected chi connectivity index (χ2v) is 5.59. The van der Waals surface area contributed by atoms with Crippen molar-refractivity contribution >= 4 is 5.69 Å². The van der Waals surface area contributed by atoms with Crippen LogP contribution < -0.4 is 10.1 Å². The minimum absolute atomic E-state index is 0.215. The Hall–Kier alpha value is -2.81. The molecular weight excluding hydrogens is 301 g/mol. The van der Waals surface area contributed by atoms with E-state index in [4.69, 9.17) is 4.74 Å². The molecular formula is C21H20FNO. The summed E-state index contributed by atoms with van der Waals surface area (Å²) in [6.07, 6.45) is 0.883. The molecule has 0 heterocycles. The van der Waals surface area contributed by atoms with E-state index in [9.17, 15) is 4.39 Å². The van der Waals surface area contributed by atoms with E-state index in [1.54, 1.807) is 12.1 Å². The zero-order chi connectivity index (χ0) is 16.6. The number of rotatable bonds is 7. The van der Waals surface area contributed by atoms with E-state index < -0.39 is 0 Å². The van der Waals surface area contributed by atoms with E-state index >= 15 is 0 Å². The van der Waals surface area contributed by atoms with Crippen LogP contribution in [0.25, 0.3) is 0 Å². The highest BCUT2D eigenvalue weighted by Gasteiger charge is 1.99. The van der Waals surface area contributed by atoms with E-state index in [1.807, 2.05) is 42.5 Å². The topological polar surface area (TPSA) is 21.3 Å². The summed E-state index contributed by atoms with van der Waals surface area (Å²) < 4.78 is 18.7. The maximum absolute atomic E-state index is 12.9. The summed E-state index contributed by atoms with van der Waals surface area (Å²) in [4.78, 5) is 0. The van der Waals surface area contributed by atoms with Crippen molar-refractivity contribution in [3.63, 3.8) is 0 Å². The standard InChI is InChI=1S/C21H20FNO/c22-19-11-9-18(10-12-19)16-23-20-7-4-8-21(15-20)24-14-13-17-5-2-1-3-6-17/h1-12,15,23H,13-14,16H2. The van der Waals surface area contributed by atoms with Crippen molar-refractivity contribution in [2.24, 2.45) is 0 Å². The van der Waals surface area contributed by atoms with Crippen molar-refractivity contribution in [2.45, 2.75) is 13.0 Å². The van der Waals surface area contributed by atoms with Gasteiger partial charge in [-0.05, 0) is 35.4 Å². The maximum atomic E-state index is 12.9. The highest BCUT2D eigenvalue weighted by molar-refractivity contribution is 5.48. The molecule has 3 aromatic carbocycles. The highest BCUT2D eigenvalue weighted by Crippen LogP contribution is 2.18. The Balaban J connectivity index is 1.51. The van der Waals surface area contributed by atoms with E-state index in [1.165, 1.54) is 17.7 Å². The lowest BCUT2D eigenvalue weighted by Gasteiger charge is -2.10. The first kappa shape index (κ1) is 16.1. The minimum Gasteiger partial charge on any atom is -0.493 e. The van der Waals surface area contributed by atoms with Crippen molar-refractivity contribution in [3.8, 4) is 5.75 Å². The van der Waals surface area contributed by atoms with Gasteiger partial charge >= 0.3 is 0 Å². The van der Waals surface area contributed by atoms with Gasteiger partial charge in [-0.15, -0.1) is 0 Å². The molecule has 3 heteroatoms. The van der Waals surface area contributed by atoms with E-state index in [0.717, 1.165) is 23.4 Å². The summed E-state index contributed by atoms with van der Waals surface area (Å²) >= 11 is 0. The van der Waals surface area contributed by atoms with Crippen LogP contribution in [0.1, 0.15) is 11.1 Å². The van der Waals surface area contributed by atoms with Crippen molar-refractivity contribution in [2.75, 3.05) is 11.9 Å². The van der Waals surface area contributed by atoms with Gasteiger partial charge in [0.25, 0.3) is 0 Å². The molecule has 3 rings (SSSR count). The molecule has 0 saturated heterocycles. The third kappa shape index (κ3) is 4.85. The van der Waals surface area contributed by atoms with Crippen LogP contribution in [0.3, 0.4) is 0 Å². The lowest BCUT2D eigenvalue weighted by Crippen LogP contribution is -2.03. The molecule has 0 aliphatic rings. The van der Waals surface area contributed by atoms with Gasteiger partial charge in [0.2, 0.25) is 0 Å². The van der Waals surface area contributed by atoms with Gasteiger partial charge in [-0.2, -0.15) is 0 Å². The molecule has 0 aliphatic heterocycles. The third-order valence-electron chi connectivity index (χ3n) is 3.75. The highest BCUT2D eigenvalue weighted by atomic mass is 19.1. The Kier molecular flexibility index (Phi) is 5.46. The minimum atomic E-state index is -0.215. The van der Waals surface area contributed by atoms with Crippen LogP contribution in [-0.2, 0) is 13.0 Å². The summed E-state index contributed by atoms with van der Waals surface area (Å²) in [5.74, 6) is 0.627. The molecule has 1 N–H and O–H groups in total. The van der Waals surface area contributed by atoms with Gasteiger partial charge in [-0.25, -0.2) is 4.39 Å². The van der Waals surface area contributed by atoms with Gasteiger partial charge in [0.05, 0.1) is 6.61 Å². The molecule has 0 amide bonds. The predicted molar refractivity (Wildman–Crippen MR) is 95.8 cm³/mol.